The molecule has 124 valence electrons. The molecule has 1 aliphatic rings. The number of piperidine rings is 1. The Labute approximate surface area is 135 Å². The van der Waals surface area contributed by atoms with Crippen LogP contribution >= 0.6 is 0 Å². The van der Waals surface area contributed by atoms with Crippen molar-refractivity contribution < 1.29 is 18.7 Å². The van der Waals surface area contributed by atoms with E-state index in [4.69, 9.17) is 14.7 Å². The monoisotopic (exact) mass is 320 g/mol. The molecule has 1 aliphatic heterocycles. The van der Waals surface area contributed by atoms with Crippen LogP contribution in [0.25, 0.3) is 0 Å². The molecule has 2 atom stereocenters. The number of nitrogens with zero attached hydrogens (tertiary/aromatic N) is 2. The number of carbonyl (C=O) groups is 1. The lowest BCUT2D eigenvalue weighted by Crippen LogP contribution is -2.50. The number of likely N-dealkylation sites (tertiary alicyclic amines) is 1. The number of carbonyl (C=O) groups excluding carboxylic acids is 1. The molecule has 0 unspecified atom stereocenters. The van der Waals surface area contributed by atoms with Crippen LogP contribution in [-0.4, -0.2) is 42.0 Å². The predicted molar refractivity (Wildman–Crippen MR) is 82.9 cm³/mol. The van der Waals surface area contributed by atoms with E-state index in [0.29, 0.717) is 24.3 Å². The Morgan fingerprint density at radius 3 is 2.78 bits per heavy atom. The summed E-state index contributed by atoms with van der Waals surface area (Å²) in [5, 5.41) is 8.87. The molecule has 6 heteroatoms. The van der Waals surface area contributed by atoms with Crippen molar-refractivity contribution in [3.63, 3.8) is 0 Å². The summed E-state index contributed by atoms with van der Waals surface area (Å²) in [4.78, 5) is 13.3. The van der Waals surface area contributed by atoms with E-state index in [2.05, 4.69) is 0 Å². The van der Waals surface area contributed by atoms with Crippen LogP contribution in [0.1, 0.15) is 32.8 Å². The van der Waals surface area contributed by atoms with Gasteiger partial charge in [-0.25, -0.2) is 9.18 Å². The maximum absolute atomic E-state index is 14.3. The van der Waals surface area contributed by atoms with Crippen molar-refractivity contribution >= 4 is 6.09 Å². The van der Waals surface area contributed by atoms with Crippen LogP contribution in [0, 0.1) is 11.3 Å². The third-order valence-electron chi connectivity index (χ3n) is 3.38. The van der Waals surface area contributed by atoms with Gasteiger partial charge >= 0.3 is 6.09 Å². The molecule has 1 amide bonds. The average molecular weight is 320 g/mol. The van der Waals surface area contributed by atoms with Crippen LogP contribution in [0.3, 0.4) is 0 Å². The molecule has 1 aromatic rings. The Kier molecular flexibility index (Phi) is 5.09. The molecule has 0 radical (unpaired) electrons. The lowest BCUT2D eigenvalue weighted by Gasteiger charge is -2.35. The minimum absolute atomic E-state index is 0.0580. The van der Waals surface area contributed by atoms with Crippen molar-refractivity contribution in [1.82, 2.24) is 4.90 Å². The molecule has 23 heavy (non-hydrogen) atoms. The number of hydrogen-bond acceptors (Lipinski definition) is 4. The van der Waals surface area contributed by atoms with Gasteiger partial charge < -0.3 is 14.4 Å². The summed E-state index contributed by atoms with van der Waals surface area (Å²) in [6.07, 6.45) is -2.08. The van der Waals surface area contributed by atoms with Gasteiger partial charge in [-0.05, 0) is 39.0 Å². The van der Waals surface area contributed by atoms with Crippen LogP contribution in [-0.2, 0) is 4.74 Å². The molecular formula is C17H21FN2O3. The van der Waals surface area contributed by atoms with Gasteiger partial charge in [-0.2, -0.15) is 5.26 Å². The molecule has 0 aromatic heterocycles. The van der Waals surface area contributed by atoms with Gasteiger partial charge in [0.2, 0.25) is 0 Å². The van der Waals surface area contributed by atoms with Crippen molar-refractivity contribution in [2.45, 2.75) is 45.1 Å². The Hall–Kier alpha value is -2.29. The van der Waals surface area contributed by atoms with E-state index < -0.39 is 24.0 Å². The Bertz CT molecular complexity index is 607. The number of nitriles is 1. The topological polar surface area (TPSA) is 62.6 Å². The molecule has 0 bridgehead atoms. The largest absolute Gasteiger partial charge is 0.487 e. The lowest BCUT2D eigenvalue weighted by atomic mass is 10.1. The second-order valence-electron chi connectivity index (χ2n) is 6.53. The minimum atomic E-state index is -1.30. The molecule has 0 aliphatic carbocycles. The van der Waals surface area contributed by atoms with Gasteiger partial charge in [0.15, 0.2) is 6.17 Å². The van der Waals surface area contributed by atoms with Gasteiger partial charge in [-0.15, -0.1) is 0 Å². The van der Waals surface area contributed by atoms with Crippen molar-refractivity contribution in [3.05, 3.63) is 29.8 Å². The first-order valence-corrected chi connectivity index (χ1v) is 7.57. The second-order valence-corrected chi connectivity index (χ2v) is 6.53. The molecule has 0 N–H and O–H groups in total. The first kappa shape index (κ1) is 17.1. The lowest BCUT2D eigenvalue weighted by molar-refractivity contribution is -0.0105. The first-order chi connectivity index (χ1) is 10.8. The van der Waals surface area contributed by atoms with Crippen molar-refractivity contribution in [1.29, 1.82) is 5.26 Å². The molecule has 0 saturated carbocycles. The molecule has 1 saturated heterocycles. The zero-order valence-corrected chi connectivity index (χ0v) is 13.6. The minimum Gasteiger partial charge on any atom is -0.487 e. The van der Waals surface area contributed by atoms with E-state index in [0.717, 1.165) is 0 Å². The summed E-state index contributed by atoms with van der Waals surface area (Å²) < 4.78 is 25.2. The van der Waals surface area contributed by atoms with Crippen LogP contribution in [0.5, 0.6) is 5.75 Å². The maximum atomic E-state index is 14.3. The normalized spacial score (nSPS) is 21.4. The summed E-state index contributed by atoms with van der Waals surface area (Å²) in [6, 6.07) is 8.63. The van der Waals surface area contributed by atoms with Crippen molar-refractivity contribution in [2.75, 3.05) is 13.1 Å². The predicted octanol–water partition coefficient (Wildman–Crippen LogP) is 3.28. The number of benzene rings is 1. The second kappa shape index (κ2) is 6.86. The van der Waals surface area contributed by atoms with Gasteiger partial charge in [0.05, 0.1) is 18.2 Å². The Balaban J connectivity index is 1.94. The number of ether oxygens (including phenoxy) is 2. The SMILES string of the molecule is CC(C)(C)OC(=O)N1CC[C@H](Oc2cccc(C#N)c2)[C@H](F)C1. The van der Waals surface area contributed by atoms with Crippen LogP contribution in [0.4, 0.5) is 9.18 Å². The highest BCUT2D eigenvalue weighted by molar-refractivity contribution is 5.68. The molecule has 1 fully saturated rings. The molecule has 0 spiro atoms. The third kappa shape index (κ3) is 4.85. The van der Waals surface area contributed by atoms with E-state index in [9.17, 15) is 9.18 Å². The summed E-state index contributed by atoms with van der Waals surface area (Å²) in [5.74, 6) is 0.461. The van der Waals surface area contributed by atoms with E-state index in [1.165, 1.54) is 4.90 Å². The molecule has 2 rings (SSSR count). The first-order valence-electron chi connectivity index (χ1n) is 7.57. The molecule has 1 aromatic carbocycles. The van der Waals surface area contributed by atoms with Crippen molar-refractivity contribution in [3.8, 4) is 11.8 Å². The van der Waals surface area contributed by atoms with E-state index in [1.807, 2.05) is 6.07 Å². The Morgan fingerprint density at radius 1 is 1.43 bits per heavy atom. The van der Waals surface area contributed by atoms with E-state index in [-0.39, 0.29) is 6.54 Å². The maximum Gasteiger partial charge on any atom is 0.410 e. The molecular weight excluding hydrogens is 299 g/mol. The number of rotatable bonds is 2. The van der Waals surface area contributed by atoms with Crippen molar-refractivity contribution in [2.24, 2.45) is 0 Å². The smallest absolute Gasteiger partial charge is 0.410 e. The van der Waals surface area contributed by atoms with Gasteiger partial charge in [0.25, 0.3) is 0 Å². The summed E-state index contributed by atoms with van der Waals surface area (Å²) in [6.45, 7) is 5.64. The van der Waals surface area contributed by atoms with Crippen LogP contribution < -0.4 is 4.74 Å². The standard InChI is InChI=1S/C17H21FN2O3/c1-17(2,3)23-16(21)20-8-7-15(14(18)11-20)22-13-6-4-5-12(9-13)10-19/h4-6,9,14-15H,7-8,11H2,1-3H3/t14-,15+/m1/s1. The Morgan fingerprint density at radius 2 is 2.17 bits per heavy atom. The highest BCUT2D eigenvalue weighted by atomic mass is 19.1. The highest BCUT2D eigenvalue weighted by Crippen LogP contribution is 2.23. The zero-order valence-electron chi connectivity index (χ0n) is 13.6. The fourth-order valence-corrected chi connectivity index (χ4v) is 2.32. The van der Waals surface area contributed by atoms with E-state index in [1.54, 1.807) is 45.0 Å². The fourth-order valence-electron chi connectivity index (χ4n) is 2.32. The number of halogens is 1. The zero-order chi connectivity index (χ0) is 17.0. The van der Waals surface area contributed by atoms with Gasteiger partial charge in [0.1, 0.15) is 17.5 Å². The average Bonchev–Trinajstić information content (AvgIpc) is 2.47. The highest BCUT2D eigenvalue weighted by Gasteiger charge is 2.34. The molecule has 1 heterocycles. The van der Waals surface area contributed by atoms with Crippen LogP contribution in [0.2, 0.25) is 0 Å². The number of hydrogen-bond donors (Lipinski definition) is 0. The van der Waals surface area contributed by atoms with Crippen LogP contribution in [0.15, 0.2) is 24.3 Å². The third-order valence-corrected chi connectivity index (χ3v) is 3.38. The fraction of sp³-hybridized carbons (Fsp3) is 0.529. The summed E-state index contributed by atoms with van der Waals surface area (Å²) >= 11 is 0. The number of amides is 1. The molecule has 5 nitrogen and oxygen atoms in total. The summed E-state index contributed by atoms with van der Waals surface area (Å²) in [7, 11) is 0. The number of alkyl halides is 1. The van der Waals surface area contributed by atoms with Gasteiger partial charge in [0, 0.05) is 13.0 Å². The van der Waals surface area contributed by atoms with Gasteiger partial charge in [-0.1, -0.05) is 6.07 Å². The van der Waals surface area contributed by atoms with E-state index >= 15 is 0 Å². The quantitative estimate of drug-likeness (QED) is 0.839. The van der Waals surface area contributed by atoms with Gasteiger partial charge in [-0.3, -0.25) is 0 Å². The summed E-state index contributed by atoms with van der Waals surface area (Å²) in [5.41, 5.74) is -0.141.